The van der Waals surface area contributed by atoms with Crippen LogP contribution in [0, 0.1) is 6.92 Å². The molecule has 1 saturated heterocycles. The van der Waals surface area contributed by atoms with E-state index in [2.05, 4.69) is 27.1 Å². The highest BCUT2D eigenvalue weighted by molar-refractivity contribution is 5.93. The molecule has 1 aromatic carbocycles. The van der Waals surface area contributed by atoms with Crippen LogP contribution in [-0.2, 0) is 6.54 Å². The van der Waals surface area contributed by atoms with E-state index < -0.39 is 0 Å². The first kappa shape index (κ1) is 19.1. The standard InChI is InChI=1S/C21H28N4O2/c1-4-17-10-7-8-12-25(17)20-13-18(23-15(2)24-20)21(26)22-14-16-9-5-6-11-19(16)27-3/h5-6,9,11,13,17H,4,7-8,10,12,14H2,1-3H3,(H,22,26). The number of piperidine rings is 1. The van der Waals surface area contributed by atoms with Gasteiger partial charge >= 0.3 is 0 Å². The fourth-order valence-corrected chi connectivity index (χ4v) is 3.66. The number of aryl methyl sites for hydroxylation is 1. The Labute approximate surface area is 161 Å². The highest BCUT2D eigenvalue weighted by atomic mass is 16.5. The lowest BCUT2D eigenvalue weighted by molar-refractivity contribution is 0.0945. The summed E-state index contributed by atoms with van der Waals surface area (Å²) in [7, 11) is 1.63. The van der Waals surface area contributed by atoms with Crippen molar-refractivity contribution in [3.63, 3.8) is 0 Å². The molecule has 0 aliphatic carbocycles. The van der Waals surface area contributed by atoms with Crippen LogP contribution in [-0.4, -0.2) is 35.6 Å². The highest BCUT2D eigenvalue weighted by Crippen LogP contribution is 2.25. The van der Waals surface area contributed by atoms with Crippen LogP contribution in [0.5, 0.6) is 5.75 Å². The number of amides is 1. The van der Waals surface area contributed by atoms with Gasteiger partial charge in [-0.25, -0.2) is 9.97 Å². The summed E-state index contributed by atoms with van der Waals surface area (Å²) < 4.78 is 5.34. The maximum Gasteiger partial charge on any atom is 0.270 e. The fourth-order valence-electron chi connectivity index (χ4n) is 3.66. The number of methoxy groups -OCH3 is 1. The number of para-hydroxylation sites is 1. The van der Waals surface area contributed by atoms with Gasteiger partial charge in [-0.15, -0.1) is 0 Å². The molecule has 1 aliphatic heterocycles. The molecule has 2 heterocycles. The van der Waals surface area contributed by atoms with Gasteiger partial charge in [0.25, 0.3) is 5.91 Å². The molecule has 6 nitrogen and oxygen atoms in total. The van der Waals surface area contributed by atoms with Gasteiger partial charge in [-0.05, 0) is 38.7 Å². The average Bonchev–Trinajstić information content (AvgIpc) is 2.71. The molecule has 144 valence electrons. The summed E-state index contributed by atoms with van der Waals surface area (Å²) in [6, 6.07) is 9.96. The molecule has 0 saturated carbocycles. The molecule has 0 spiro atoms. The number of rotatable bonds is 6. The number of aromatic nitrogens is 2. The van der Waals surface area contributed by atoms with Gasteiger partial charge in [0.2, 0.25) is 0 Å². The van der Waals surface area contributed by atoms with Crippen LogP contribution in [0.2, 0.25) is 0 Å². The fraction of sp³-hybridized carbons (Fsp3) is 0.476. The number of carbonyl (C=O) groups excluding carboxylic acids is 1. The van der Waals surface area contributed by atoms with Crippen molar-refractivity contribution < 1.29 is 9.53 Å². The van der Waals surface area contributed by atoms with E-state index in [0.29, 0.717) is 24.1 Å². The van der Waals surface area contributed by atoms with Crippen LogP contribution in [0.3, 0.4) is 0 Å². The SMILES string of the molecule is CCC1CCCCN1c1cc(C(=O)NCc2ccccc2OC)nc(C)n1. The zero-order valence-electron chi connectivity index (χ0n) is 16.4. The van der Waals surface area contributed by atoms with Crippen molar-refractivity contribution in [3.8, 4) is 5.75 Å². The summed E-state index contributed by atoms with van der Waals surface area (Å²) in [4.78, 5) is 24.0. The van der Waals surface area contributed by atoms with E-state index in [9.17, 15) is 4.79 Å². The Bertz CT molecular complexity index is 794. The van der Waals surface area contributed by atoms with Crippen LogP contribution >= 0.6 is 0 Å². The second-order valence-corrected chi connectivity index (χ2v) is 6.90. The maximum absolute atomic E-state index is 12.7. The zero-order valence-corrected chi connectivity index (χ0v) is 16.4. The van der Waals surface area contributed by atoms with Gasteiger partial charge in [0.1, 0.15) is 23.1 Å². The molecule has 2 aromatic rings. The molecular weight excluding hydrogens is 340 g/mol. The van der Waals surface area contributed by atoms with Crippen molar-refractivity contribution in [1.82, 2.24) is 15.3 Å². The molecular formula is C21H28N4O2. The van der Waals surface area contributed by atoms with Gasteiger partial charge in [0.05, 0.1) is 7.11 Å². The number of hydrogen-bond acceptors (Lipinski definition) is 5. The smallest absolute Gasteiger partial charge is 0.270 e. The van der Waals surface area contributed by atoms with E-state index in [1.165, 1.54) is 12.8 Å². The van der Waals surface area contributed by atoms with Gasteiger partial charge < -0.3 is 15.0 Å². The van der Waals surface area contributed by atoms with Gasteiger partial charge in [-0.1, -0.05) is 25.1 Å². The molecule has 1 aliphatic rings. The largest absolute Gasteiger partial charge is 0.496 e. The molecule has 6 heteroatoms. The second-order valence-electron chi connectivity index (χ2n) is 6.90. The van der Waals surface area contributed by atoms with Crippen LogP contribution < -0.4 is 15.0 Å². The Kier molecular flexibility index (Phi) is 6.27. The van der Waals surface area contributed by atoms with Crippen LogP contribution in [0.25, 0.3) is 0 Å². The zero-order chi connectivity index (χ0) is 19.2. The van der Waals surface area contributed by atoms with Crippen molar-refractivity contribution in [1.29, 1.82) is 0 Å². The first-order valence-corrected chi connectivity index (χ1v) is 9.64. The average molecular weight is 368 g/mol. The Morgan fingerprint density at radius 2 is 2.11 bits per heavy atom. The summed E-state index contributed by atoms with van der Waals surface area (Å²) in [6.07, 6.45) is 4.67. The Morgan fingerprint density at radius 3 is 2.89 bits per heavy atom. The van der Waals surface area contributed by atoms with Gasteiger partial charge in [0, 0.05) is 30.8 Å². The third kappa shape index (κ3) is 4.56. The Balaban J connectivity index is 1.76. The van der Waals surface area contributed by atoms with E-state index in [4.69, 9.17) is 4.74 Å². The Morgan fingerprint density at radius 1 is 1.30 bits per heavy atom. The number of ether oxygens (including phenoxy) is 1. The van der Waals surface area contributed by atoms with Crippen molar-refractivity contribution in [2.45, 2.75) is 52.1 Å². The maximum atomic E-state index is 12.7. The lowest BCUT2D eigenvalue weighted by Gasteiger charge is -2.36. The number of nitrogens with one attached hydrogen (secondary N) is 1. The molecule has 1 aromatic heterocycles. The summed E-state index contributed by atoms with van der Waals surface area (Å²) in [6.45, 7) is 5.42. The first-order chi connectivity index (χ1) is 13.1. The minimum Gasteiger partial charge on any atom is -0.496 e. The van der Waals surface area contributed by atoms with Crippen molar-refractivity contribution in [3.05, 3.63) is 47.4 Å². The molecule has 1 N–H and O–H groups in total. The van der Waals surface area contributed by atoms with E-state index >= 15 is 0 Å². The number of anilines is 1. The van der Waals surface area contributed by atoms with E-state index in [1.54, 1.807) is 7.11 Å². The lowest BCUT2D eigenvalue weighted by atomic mass is 10.00. The molecule has 1 unspecified atom stereocenters. The first-order valence-electron chi connectivity index (χ1n) is 9.64. The topological polar surface area (TPSA) is 67.4 Å². The predicted octanol–water partition coefficient (Wildman–Crippen LogP) is 3.49. The second kappa shape index (κ2) is 8.84. The minimum atomic E-state index is -0.197. The monoisotopic (exact) mass is 368 g/mol. The van der Waals surface area contributed by atoms with Gasteiger partial charge in [0.15, 0.2) is 0 Å². The molecule has 1 atom stereocenters. The van der Waals surface area contributed by atoms with E-state index in [1.807, 2.05) is 37.3 Å². The summed E-state index contributed by atoms with van der Waals surface area (Å²) in [5.74, 6) is 2.04. The third-order valence-electron chi connectivity index (χ3n) is 5.08. The van der Waals surface area contributed by atoms with Crippen LogP contribution in [0.4, 0.5) is 5.82 Å². The quantitative estimate of drug-likeness (QED) is 0.845. The number of hydrogen-bond donors (Lipinski definition) is 1. The molecule has 0 bridgehead atoms. The van der Waals surface area contributed by atoms with E-state index in [0.717, 1.165) is 36.5 Å². The number of carbonyl (C=O) groups is 1. The molecule has 1 fully saturated rings. The number of nitrogens with zero attached hydrogens (tertiary/aromatic N) is 3. The molecule has 27 heavy (non-hydrogen) atoms. The van der Waals surface area contributed by atoms with E-state index in [-0.39, 0.29) is 5.91 Å². The van der Waals surface area contributed by atoms with Gasteiger partial charge in [-0.3, -0.25) is 4.79 Å². The predicted molar refractivity (Wildman–Crippen MR) is 106 cm³/mol. The van der Waals surface area contributed by atoms with Crippen LogP contribution in [0.15, 0.2) is 30.3 Å². The lowest BCUT2D eigenvalue weighted by Crippen LogP contribution is -2.40. The molecule has 0 radical (unpaired) electrons. The highest BCUT2D eigenvalue weighted by Gasteiger charge is 2.23. The van der Waals surface area contributed by atoms with Crippen LogP contribution in [0.1, 0.15) is 54.5 Å². The summed E-state index contributed by atoms with van der Waals surface area (Å²) in [5, 5.41) is 2.94. The number of benzene rings is 1. The summed E-state index contributed by atoms with van der Waals surface area (Å²) >= 11 is 0. The summed E-state index contributed by atoms with van der Waals surface area (Å²) in [5.41, 5.74) is 1.34. The third-order valence-corrected chi connectivity index (χ3v) is 5.08. The molecule has 1 amide bonds. The van der Waals surface area contributed by atoms with Crippen molar-refractivity contribution in [2.75, 3.05) is 18.6 Å². The van der Waals surface area contributed by atoms with Gasteiger partial charge in [-0.2, -0.15) is 0 Å². The Hall–Kier alpha value is -2.63. The molecule has 3 rings (SSSR count). The van der Waals surface area contributed by atoms with Crippen molar-refractivity contribution >= 4 is 11.7 Å². The van der Waals surface area contributed by atoms with Crippen molar-refractivity contribution in [2.24, 2.45) is 0 Å². The minimum absolute atomic E-state index is 0.197. The normalized spacial score (nSPS) is 16.9.